The third-order valence-electron chi connectivity index (χ3n) is 10.6. The molecule has 8 nitrogen and oxygen atoms in total. The largest absolute Gasteiger partial charge is 0.380 e. The SMILES string of the molecule is CC(=O)c1ccc(N(S(=O)(=O)CCOCCC2CCCC2(C)C)S(=O)(=O)CC2CCC23C(CC=O)C3(C)C)cc1Cl. The highest BCUT2D eigenvalue weighted by Gasteiger charge is 2.76. The van der Waals surface area contributed by atoms with Gasteiger partial charge in [0.25, 0.3) is 10.0 Å². The van der Waals surface area contributed by atoms with Crippen molar-refractivity contribution >= 4 is 49.4 Å². The number of ketones is 1. The molecule has 3 saturated carbocycles. The van der Waals surface area contributed by atoms with Crippen molar-refractivity contribution in [2.75, 3.05) is 28.4 Å². The fourth-order valence-corrected chi connectivity index (χ4v) is 12.6. The second-order valence-electron chi connectivity index (χ2n) is 13.4. The number of rotatable bonds is 14. The number of nitrogens with zero attached hydrogens (tertiary/aromatic N) is 1. The van der Waals surface area contributed by atoms with Gasteiger partial charge in [-0.2, -0.15) is 3.71 Å². The quantitative estimate of drug-likeness (QED) is 0.143. The Morgan fingerprint density at radius 2 is 1.76 bits per heavy atom. The van der Waals surface area contributed by atoms with Crippen LogP contribution in [0.3, 0.4) is 0 Å². The molecule has 1 spiro atoms. The summed E-state index contributed by atoms with van der Waals surface area (Å²) in [7, 11) is -8.76. The van der Waals surface area contributed by atoms with Gasteiger partial charge in [0.15, 0.2) is 5.78 Å². The molecule has 0 aromatic heterocycles. The van der Waals surface area contributed by atoms with Crippen LogP contribution >= 0.6 is 11.6 Å². The molecule has 0 aliphatic heterocycles. The van der Waals surface area contributed by atoms with Crippen molar-refractivity contribution in [1.82, 2.24) is 0 Å². The van der Waals surface area contributed by atoms with E-state index in [0.717, 1.165) is 25.5 Å². The lowest BCUT2D eigenvalue weighted by Gasteiger charge is -2.41. The average molecular weight is 630 g/mol. The Hall–Kier alpha value is -1.49. The standard InChI is InChI=1S/C30H44ClNO7S2/c1-21(34)25-9-8-24(19-26(25)31)32(40(35,36)18-17-39-16-12-22-7-6-13-28(22,2)3)41(37,38)20-23-10-14-30(23)27(11-15-33)29(30,4)5/h8-9,15,19,22-23,27H,6-7,10-14,16-18,20H2,1-5H3. The van der Waals surface area contributed by atoms with E-state index in [1.165, 1.54) is 38.0 Å². The van der Waals surface area contributed by atoms with E-state index < -0.39 is 25.8 Å². The van der Waals surface area contributed by atoms with Gasteiger partial charge in [-0.1, -0.05) is 45.7 Å². The van der Waals surface area contributed by atoms with E-state index in [1.54, 1.807) is 0 Å². The zero-order chi connectivity index (χ0) is 30.4. The van der Waals surface area contributed by atoms with Gasteiger partial charge in [-0.05, 0) is 91.2 Å². The molecule has 230 valence electrons. The summed E-state index contributed by atoms with van der Waals surface area (Å²) >= 11 is 6.30. The minimum Gasteiger partial charge on any atom is -0.380 e. The summed E-state index contributed by atoms with van der Waals surface area (Å²) in [5, 5.41) is -0.0182. The highest BCUT2D eigenvalue weighted by atomic mass is 35.5. The predicted molar refractivity (Wildman–Crippen MR) is 161 cm³/mol. The van der Waals surface area contributed by atoms with Crippen molar-refractivity contribution in [1.29, 1.82) is 0 Å². The lowest BCUT2D eigenvalue weighted by molar-refractivity contribution is -0.108. The van der Waals surface area contributed by atoms with Crippen molar-refractivity contribution in [3.8, 4) is 0 Å². The third kappa shape index (κ3) is 6.00. The lowest BCUT2D eigenvalue weighted by atomic mass is 9.66. The maximum Gasteiger partial charge on any atom is 0.250 e. The number of Topliss-reactive ketones (excluding diaryl/α,β-unsaturated/α-hetero) is 1. The van der Waals surface area contributed by atoms with Gasteiger partial charge in [-0.3, -0.25) is 4.79 Å². The molecular formula is C30H44ClNO7S2. The minimum atomic E-state index is -4.38. The number of aldehydes is 1. The van der Waals surface area contributed by atoms with Crippen LogP contribution < -0.4 is 3.71 Å². The van der Waals surface area contributed by atoms with Gasteiger partial charge in [-0.15, -0.1) is 0 Å². The van der Waals surface area contributed by atoms with Crippen LogP contribution in [-0.4, -0.2) is 53.6 Å². The molecule has 11 heteroatoms. The predicted octanol–water partition coefficient (Wildman–Crippen LogP) is 5.88. The summed E-state index contributed by atoms with van der Waals surface area (Å²) in [5.74, 6) is -0.846. The van der Waals surface area contributed by atoms with Crippen molar-refractivity contribution in [3.63, 3.8) is 0 Å². The van der Waals surface area contributed by atoms with Crippen LogP contribution in [0.15, 0.2) is 18.2 Å². The first-order valence-corrected chi connectivity index (χ1v) is 18.2. The second kappa shape index (κ2) is 11.5. The Kier molecular flexibility index (Phi) is 9.13. The number of benzene rings is 1. The van der Waals surface area contributed by atoms with Gasteiger partial charge < -0.3 is 9.53 Å². The van der Waals surface area contributed by atoms with E-state index in [2.05, 4.69) is 27.7 Å². The minimum absolute atomic E-state index is 0.0182. The number of ether oxygens (including phenoxy) is 1. The Morgan fingerprint density at radius 3 is 2.29 bits per heavy atom. The first-order chi connectivity index (χ1) is 19.0. The molecule has 0 heterocycles. The lowest BCUT2D eigenvalue weighted by Crippen LogP contribution is -2.46. The molecule has 4 atom stereocenters. The fourth-order valence-electron chi connectivity index (χ4n) is 8.03. The van der Waals surface area contributed by atoms with Crippen LogP contribution in [0, 0.1) is 34.0 Å². The molecule has 4 rings (SSSR count). The summed E-state index contributed by atoms with van der Waals surface area (Å²) in [5.41, 5.74) is -0.183. The molecule has 1 aromatic rings. The Labute approximate surface area is 250 Å². The van der Waals surface area contributed by atoms with E-state index in [4.69, 9.17) is 16.3 Å². The summed E-state index contributed by atoms with van der Waals surface area (Å²) in [4.78, 5) is 23.2. The van der Waals surface area contributed by atoms with Crippen LogP contribution in [0.2, 0.25) is 5.02 Å². The van der Waals surface area contributed by atoms with Crippen molar-refractivity contribution in [2.45, 2.75) is 79.6 Å². The summed E-state index contributed by atoms with van der Waals surface area (Å²) in [6.07, 6.45) is 7.02. The highest BCUT2D eigenvalue weighted by Crippen LogP contribution is 2.81. The fraction of sp³-hybridized carbons (Fsp3) is 0.733. The van der Waals surface area contributed by atoms with E-state index in [0.29, 0.717) is 29.1 Å². The molecule has 41 heavy (non-hydrogen) atoms. The molecule has 3 aliphatic carbocycles. The molecule has 3 fully saturated rings. The number of carbonyl (C=O) groups is 2. The van der Waals surface area contributed by atoms with Gasteiger partial charge in [0.05, 0.1) is 28.8 Å². The second-order valence-corrected chi connectivity index (χ2v) is 17.9. The number of hydrogen-bond acceptors (Lipinski definition) is 7. The molecule has 0 N–H and O–H groups in total. The van der Waals surface area contributed by atoms with Crippen molar-refractivity contribution < 1.29 is 31.2 Å². The van der Waals surface area contributed by atoms with Gasteiger partial charge in [0.2, 0.25) is 10.0 Å². The molecule has 1 aromatic carbocycles. The van der Waals surface area contributed by atoms with Gasteiger partial charge in [0.1, 0.15) is 6.29 Å². The zero-order valence-corrected chi connectivity index (χ0v) is 27.2. The van der Waals surface area contributed by atoms with Gasteiger partial charge in [-0.25, -0.2) is 16.8 Å². The van der Waals surface area contributed by atoms with Crippen molar-refractivity contribution in [2.24, 2.45) is 34.0 Å². The molecule has 0 amide bonds. The molecular weight excluding hydrogens is 586 g/mol. The van der Waals surface area contributed by atoms with E-state index in [1.807, 2.05) is 0 Å². The van der Waals surface area contributed by atoms with E-state index in [9.17, 15) is 26.4 Å². The first-order valence-electron chi connectivity index (χ1n) is 14.6. The van der Waals surface area contributed by atoms with Crippen LogP contribution in [0.5, 0.6) is 0 Å². The smallest absolute Gasteiger partial charge is 0.250 e. The van der Waals surface area contributed by atoms with Crippen molar-refractivity contribution in [3.05, 3.63) is 28.8 Å². The van der Waals surface area contributed by atoms with E-state index >= 15 is 0 Å². The molecule has 3 aliphatic rings. The summed E-state index contributed by atoms with van der Waals surface area (Å²) in [6, 6.07) is 3.89. The normalized spacial score (nSPS) is 28.3. The number of sulfonamides is 2. The Balaban J connectivity index is 1.54. The van der Waals surface area contributed by atoms with Gasteiger partial charge in [0, 0.05) is 18.6 Å². The zero-order valence-electron chi connectivity index (χ0n) is 24.8. The molecule has 0 bridgehead atoms. The van der Waals surface area contributed by atoms with Crippen LogP contribution in [-0.2, 0) is 29.6 Å². The monoisotopic (exact) mass is 629 g/mol. The highest BCUT2D eigenvalue weighted by molar-refractivity contribution is 8.10. The van der Waals surface area contributed by atoms with Crippen LogP contribution in [0.1, 0.15) is 89.9 Å². The number of anilines is 1. The topological polar surface area (TPSA) is 115 Å². The van der Waals surface area contributed by atoms with E-state index in [-0.39, 0.29) is 62.5 Å². The molecule has 0 saturated heterocycles. The summed E-state index contributed by atoms with van der Waals surface area (Å²) in [6.45, 7) is 10.2. The number of hydrogen-bond donors (Lipinski definition) is 0. The first kappa shape index (κ1) is 32.4. The van der Waals surface area contributed by atoms with Crippen LogP contribution in [0.25, 0.3) is 0 Å². The third-order valence-corrected chi connectivity index (χ3v) is 15.2. The molecule has 4 unspecified atom stereocenters. The maximum absolute atomic E-state index is 14.0. The Bertz CT molecular complexity index is 1390. The summed E-state index contributed by atoms with van der Waals surface area (Å²) < 4.78 is 61.5. The number of carbonyl (C=O) groups excluding carboxylic acids is 2. The molecule has 0 radical (unpaired) electrons. The van der Waals surface area contributed by atoms with Gasteiger partial charge >= 0.3 is 0 Å². The number of halogens is 1. The van der Waals surface area contributed by atoms with Crippen LogP contribution in [0.4, 0.5) is 5.69 Å². The maximum atomic E-state index is 14.0. The Morgan fingerprint density at radius 1 is 1.05 bits per heavy atom. The average Bonchev–Trinajstić information content (AvgIpc) is 3.16.